The Bertz CT molecular complexity index is 1490. The molecular weight excluding hydrogens is 548 g/mol. The molecule has 0 spiro atoms. The number of nitrogens with one attached hydrogen (secondary N) is 1. The first-order valence-electron chi connectivity index (χ1n) is 15.1. The van der Waals surface area contributed by atoms with Crippen molar-refractivity contribution in [3.05, 3.63) is 70.8 Å². The summed E-state index contributed by atoms with van der Waals surface area (Å²) < 4.78 is 34.4. The minimum Gasteiger partial charge on any atom is -0.493 e. The summed E-state index contributed by atoms with van der Waals surface area (Å²) in [5.74, 6) is 1.89. The van der Waals surface area contributed by atoms with E-state index in [-0.39, 0.29) is 30.6 Å². The van der Waals surface area contributed by atoms with Crippen molar-refractivity contribution in [1.29, 1.82) is 0 Å². The highest BCUT2D eigenvalue weighted by Gasteiger charge is 2.52. The monoisotopic (exact) mass is 586 g/mol. The van der Waals surface area contributed by atoms with Crippen LogP contribution in [0.2, 0.25) is 0 Å². The van der Waals surface area contributed by atoms with Crippen LogP contribution in [0.25, 0.3) is 0 Å². The average Bonchev–Trinajstić information content (AvgIpc) is 3.80. The molecule has 0 amide bonds. The number of anilines is 1. The highest BCUT2D eigenvalue weighted by molar-refractivity contribution is 5.79. The number of rotatable bonds is 9. The summed E-state index contributed by atoms with van der Waals surface area (Å²) in [7, 11) is 4.78. The van der Waals surface area contributed by atoms with Gasteiger partial charge in [-0.25, -0.2) is 0 Å². The number of benzene rings is 3. The van der Waals surface area contributed by atoms with Crippen molar-refractivity contribution in [3.8, 4) is 28.7 Å². The first-order chi connectivity index (χ1) is 21.1. The molecule has 3 aromatic carbocycles. The second kappa shape index (κ2) is 11.5. The molecule has 9 nitrogen and oxygen atoms in total. The second-order valence-electron chi connectivity index (χ2n) is 11.7. The summed E-state index contributed by atoms with van der Waals surface area (Å²) in [4.78, 5) is 16.1. The van der Waals surface area contributed by atoms with Gasteiger partial charge in [0.2, 0.25) is 12.5 Å². The van der Waals surface area contributed by atoms with Crippen molar-refractivity contribution in [2.75, 3.05) is 59.7 Å². The zero-order valence-electron chi connectivity index (χ0n) is 24.9. The van der Waals surface area contributed by atoms with E-state index < -0.39 is 5.92 Å². The fourth-order valence-electron chi connectivity index (χ4n) is 7.32. The summed E-state index contributed by atoms with van der Waals surface area (Å²) in [6.07, 6.45) is 3.59. The number of esters is 1. The van der Waals surface area contributed by atoms with E-state index in [4.69, 9.17) is 28.4 Å². The van der Waals surface area contributed by atoms with Gasteiger partial charge in [0.25, 0.3) is 0 Å². The van der Waals surface area contributed by atoms with E-state index in [2.05, 4.69) is 40.5 Å². The van der Waals surface area contributed by atoms with Gasteiger partial charge in [-0.3, -0.25) is 4.79 Å². The topological polar surface area (TPSA) is 87.7 Å². The Kier molecular flexibility index (Phi) is 7.43. The van der Waals surface area contributed by atoms with Gasteiger partial charge in [0.15, 0.2) is 23.0 Å². The van der Waals surface area contributed by atoms with E-state index in [0.717, 1.165) is 35.3 Å². The van der Waals surface area contributed by atoms with Crippen LogP contribution in [-0.2, 0) is 16.0 Å². The van der Waals surface area contributed by atoms with Crippen LogP contribution in [0.4, 0.5) is 5.69 Å². The fraction of sp³-hybridized carbons (Fsp3) is 0.441. The molecule has 1 aliphatic carbocycles. The molecule has 43 heavy (non-hydrogen) atoms. The summed E-state index contributed by atoms with van der Waals surface area (Å²) in [6, 6.07) is 16.4. The van der Waals surface area contributed by atoms with E-state index in [1.807, 2.05) is 18.2 Å². The Hall–Kier alpha value is -4.11. The SMILES string of the molecule is COc1cc([C@@H]2c3cc4c(cc3[C@@H](Nc3cccc(CCN5CCCC5)c3)[C@H]3COC(=O)[C@H]23)OCO4)cc(OC)c1OC. The molecule has 0 bridgehead atoms. The van der Waals surface area contributed by atoms with Gasteiger partial charge in [0.1, 0.15) is 0 Å². The molecule has 3 heterocycles. The molecule has 0 saturated carbocycles. The van der Waals surface area contributed by atoms with E-state index in [0.29, 0.717) is 35.4 Å². The Morgan fingerprint density at radius 1 is 0.884 bits per heavy atom. The van der Waals surface area contributed by atoms with E-state index in [1.54, 1.807) is 21.3 Å². The zero-order chi connectivity index (χ0) is 29.5. The summed E-state index contributed by atoms with van der Waals surface area (Å²) >= 11 is 0. The number of carbonyl (C=O) groups excluding carboxylic acids is 1. The van der Waals surface area contributed by atoms with Crippen LogP contribution in [0.15, 0.2) is 48.5 Å². The molecule has 0 radical (unpaired) electrons. The molecule has 226 valence electrons. The lowest BCUT2D eigenvalue weighted by Gasteiger charge is -2.40. The van der Waals surface area contributed by atoms with E-state index in [9.17, 15) is 4.79 Å². The maximum absolute atomic E-state index is 13.5. The molecule has 3 aliphatic heterocycles. The third kappa shape index (κ3) is 4.99. The minimum absolute atomic E-state index is 0.113. The summed E-state index contributed by atoms with van der Waals surface area (Å²) in [6.45, 7) is 3.95. The first kappa shape index (κ1) is 27.7. The number of methoxy groups -OCH3 is 3. The van der Waals surface area contributed by atoms with Gasteiger partial charge in [0, 0.05) is 24.1 Å². The quantitative estimate of drug-likeness (QED) is 0.342. The van der Waals surface area contributed by atoms with Crippen LogP contribution in [0.5, 0.6) is 28.7 Å². The molecule has 4 atom stereocenters. The van der Waals surface area contributed by atoms with Crippen LogP contribution >= 0.6 is 0 Å². The van der Waals surface area contributed by atoms with Crippen molar-refractivity contribution in [1.82, 2.24) is 4.90 Å². The van der Waals surface area contributed by atoms with E-state index in [1.165, 1.54) is 31.5 Å². The van der Waals surface area contributed by atoms with Crippen molar-refractivity contribution < 1.29 is 33.2 Å². The van der Waals surface area contributed by atoms with Gasteiger partial charge in [-0.15, -0.1) is 0 Å². The summed E-state index contributed by atoms with van der Waals surface area (Å²) in [5.41, 5.74) is 5.25. The lowest BCUT2D eigenvalue weighted by atomic mass is 9.65. The van der Waals surface area contributed by atoms with Gasteiger partial charge in [0.05, 0.1) is 39.9 Å². The lowest BCUT2D eigenvalue weighted by Crippen LogP contribution is -2.37. The lowest BCUT2D eigenvalue weighted by molar-refractivity contribution is -0.141. The molecule has 1 N–H and O–H groups in total. The van der Waals surface area contributed by atoms with Gasteiger partial charge in [-0.1, -0.05) is 12.1 Å². The molecule has 7 rings (SSSR count). The second-order valence-corrected chi connectivity index (χ2v) is 11.7. The van der Waals surface area contributed by atoms with Crippen LogP contribution in [-0.4, -0.2) is 65.2 Å². The molecule has 0 aromatic heterocycles. The molecular formula is C34H38N2O7. The molecule has 3 aromatic rings. The standard InChI is InChI=1S/C34H38N2O7/c1-38-28-14-21(15-29(39-2)33(28)40-3)30-23-16-26-27(43-19-42-26)17-24(23)32(25-18-41-34(37)31(25)30)35-22-8-6-7-20(13-22)9-12-36-10-4-5-11-36/h6-8,13-17,25,30-32,35H,4-5,9-12,18-19H2,1-3H3/t25-,30+,31-,32+/m0/s1. The Labute approximate surface area is 252 Å². The Morgan fingerprint density at radius 2 is 1.60 bits per heavy atom. The largest absolute Gasteiger partial charge is 0.493 e. The van der Waals surface area contributed by atoms with Gasteiger partial charge < -0.3 is 38.6 Å². The highest BCUT2D eigenvalue weighted by Crippen LogP contribution is 2.56. The third-order valence-corrected chi connectivity index (χ3v) is 9.40. The van der Waals surface area contributed by atoms with Crippen LogP contribution in [0.1, 0.15) is 47.1 Å². The van der Waals surface area contributed by atoms with E-state index >= 15 is 0 Å². The average molecular weight is 587 g/mol. The number of cyclic esters (lactones) is 1. The van der Waals surface area contributed by atoms with Gasteiger partial charge in [-0.05, 0) is 91.0 Å². The first-order valence-corrected chi connectivity index (χ1v) is 15.1. The fourth-order valence-corrected chi connectivity index (χ4v) is 7.32. The Morgan fingerprint density at radius 3 is 2.30 bits per heavy atom. The molecule has 4 aliphatic rings. The maximum atomic E-state index is 13.5. The number of hydrogen-bond donors (Lipinski definition) is 1. The normalized spacial score (nSPS) is 23.8. The highest BCUT2D eigenvalue weighted by atomic mass is 16.7. The number of likely N-dealkylation sites (tertiary alicyclic amines) is 1. The number of fused-ring (bicyclic) bond motifs is 3. The van der Waals surface area contributed by atoms with Gasteiger partial charge in [-0.2, -0.15) is 0 Å². The van der Waals surface area contributed by atoms with Crippen LogP contribution in [0.3, 0.4) is 0 Å². The van der Waals surface area contributed by atoms with Crippen molar-refractivity contribution in [2.45, 2.75) is 31.2 Å². The van der Waals surface area contributed by atoms with Crippen molar-refractivity contribution >= 4 is 11.7 Å². The number of ether oxygens (including phenoxy) is 6. The minimum atomic E-state index is -0.425. The predicted octanol–water partition coefficient (Wildman–Crippen LogP) is 5.17. The number of nitrogens with zero attached hydrogens (tertiary/aromatic N) is 1. The smallest absolute Gasteiger partial charge is 0.310 e. The predicted molar refractivity (Wildman–Crippen MR) is 161 cm³/mol. The van der Waals surface area contributed by atoms with Gasteiger partial charge >= 0.3 is 5.97 Å². The summed E-state index contributed by atoms with van der Waals surface area (Å²) in [5, 5.41) is 3.81. The Balaban J connectivity index is 1.29. The van der Waals surface area contributed by atoms with Crippen LogP contribution < -0.4 is 29.0 Å². The molecule has 9 heteroatoms. The van der Waals surface area contributed by atoms with Crippen molar-refractivity contribution in [3.63, 3.8) is 0 Å². The van der Waals surface area contributed by atoms with Crippen molar-refractivity contribution in [2.24, 2.45) is 11.8 Å². The van der Waals surface area contributed by atoms with Crippen LogP contribution in [0, 0.1) is 11.8 Å². The zero-order valence-corrected chi connectivity index (χ0v) is 24.9. The maximum Gasteiger partial charge on any atom is 0.310 e. The number of carbonyl (C=O) groups is 1. The molecule has 2 fully saturated rings. The number of hydrogen-bond acceptors (Lipinski definition) is 9. The third-order valence-electron chi connectivity index (χ3n) is 9.40. The molecule has 0 unspecified atom stereocenters. The molecule has 2 saturated heterocycles.